The fourth-order valence-corrected chi connectivity index (χ4v) is 4.92. The molecule has 0 saturated heterocycles. The van der Waals surface area contributed by atoms with Crippen molar-refractivity contribution in [1.29, 1.82) is 0 Å². The third kappa shape index (κ3) is 32.1. The Kier molecular flexibility index (Phi) is 33.9. The molecular weight excluding hydrogens is 455 g/mol. The monoisotopic (exact) mass is 525 g/mol. The SMILES string of the molecule is CCCCCCCCCCCOB(OCCCCCCCCCCC)OCCCCCCCCCCC. The molecule has 0 radical (unpaired) electrons. The summed E-state index contributed by atoms with van der Waals surface area (Å²) in [5.41, 5.74) is 0. The summed E-state index contributed by atoms with van der Waals surface area (Å²) in [5, 5.41) is 0. The number of hydrogen-bond donors (Lipinski definition) is 0. The van der Waals surface area contributed by atoms with Crippen LogP contribution in [0.5, 0.6) is 0 Å². The van der Waals surface area contributed by atoms with Crippen molar-refractivity contribution in [3.05, 3.63) is 0 Å². The highest BCUT2D eigenvalue weighted by Crippen LogP contribution is 2.13. The zero-order valence-electron chi connectivity index (χ0n) is 26.0. The average Bonchev–Trinajstić information content (AvgIpc) is 2.91. The lowest BCUT2D eigenvalue weighted by Gasteiger charge is -2.15. The van der Waals surface area contributed by atoms with Gasteiger partial charge < -0.3 is 14.0 Å². The van der Waals surface area contributed by atoms with E-state index in [4.69, 9.17) is 14.0 Å². The van der Waals surface area contributed by atoms with Crippen molar-refractivity contribution in [2.45, 2.75) is 194 Å². The van der Waals surface area contributed by atoms with E-state index < -0.39 is 7.32 Å². The predicted octanol–water partition coefficient (Wildman–Crippen LogP) is 11.6. The lowest BCUT2D eigenvalue weighted by molar-refractivity contribution is 0.0885. The van der Waals surface area contributed by atoms with Crippen LogP contribution in [0.25, 0.3) is 0 Å². The van der Waals surface area contributed by atoms with Crippen LogP contribution < -0.4 is 0 Å². The van der Waals surface area contributed by atoms with Crippen molar-refractivity contribution in [1.82, 2.24) is 0 Å². The largest absolute Gasteiger partial charge is 0.639 e. The lowest BCUT2D eigenvalue weighted by Crippen LogP contribution is -2.28. The van der Waals surface area contributed by atoms with Gasteiger partial charge in [-0.15, -0.1) is 0 Å². The Morgan fingerprint density at radius 3 is 0.676 bits per heavy atom. The van der Waals surface area contributed by atoms with E-state index in [1.807, 2.05) is 0 Å². The molecule has 0 N–H and O–H groups in total. The summed E-state index contributed by atoms with van der Waals surface area (Å²) in [6.07, 6.45) is 36.1. The van der Waals surface area contributed by atoms with Crippen LogP contribution in [0.15, 0.2) is 0 Å². The van der Waals surface area contributed by atoms with Crippen LogP contribution in [0.3, 0.4) is 0 Å². The Balaban J connectivity index is 3.87. The summed E-state index contributed by atoms with van der Waals surface area (Å²) in [5.74, 6) is 0. The standard InChI is InChI=1S/C33H69BO3/c1-4-7-10-13-16-19-22-25-28-31-35-34(36-32-29-26-23-20-17-14-11-8-5-2)37-33-30-27-24-21-18-15-12-9-6-3/h4-33H2,1-3H3. The first kappa shape index (κ1) is 36.9. The molecule has 0 aromatic rings. The topological polar surface area (TPSA) is 27.7 Å². The molecule has 0 atom stereocenters. The first-order valence-corrected chi connectivity index (χ1v) is 17.2. The summed E-state index contributed by atoms with van der Waals surface area (Å²) in [6.45, 7) is 9.14. The van der Waals surface area contributed by atoms with Crippen molar-refractivity contribution in [2.75, 3.05) is 19.8 Å². The second-order valence-corrected chi connectivity index (χ2v) is 11.4. The van der Waals surface area contributed by atoms with Gasteiger partial charge in [0.05, 0.1) is 0 Å². The molecule has 0 heterocycles. The van der Waals surface area contributed by atoms with Crippen LogP contribution in [0, 0.1) is 0 Å². The molecule has 0 saturated carbocycles. The van der Waals surface area contributed by atoms with Gasteiger partial charge in [-0.1, -0.05) is 175 Å². The van der Waals surface area contributed by atoms with Gasteiger partial charge in [0, 0.05) is 19.8 Å². The molecule has 0 aliphatic carbocycles. The van der Waals surface area contributed by atoms with Crippen LogP contribution in [0.2, 0.25) is 0 Å². The van der Waals surface area contributed by atoms with Gasteiger partial charge in [0.15, 0.2) is 0 Å². The van der Waals surface area contributed by atoms with E-state index in [0.717, 1.165) is 39.1 Å². The summed E-state index contributed by atoms with van der Waals surface area (Å²) in [7, 11) is -0.461. The Bertz CT molecular complexity index is 337. The van der Waals surface area contributed by atoms with Crippen LogP contribution >= 0.6 is 0 Å². The van der Waals surface area contributed by atoms with Crippen molar-refractivity contribution < 1.29 is 14.0 Å². The van der Waals surface area contributed by atoms with Gasteiger partial charge in [-0.25, -0.2) is 0 Å². The molecule has 0 unspecified atom stereocenters. The smallest absolute Gasteiger partial charge is 0.386 e. The summed E-state index contributed by atoms with van der Waals surface area (Å²) >= 11 is 0. The van der Waals surface area contributed by atoms with Gasteiger partial charge in [0.25, 0.3) is 0 Å². The highest BCUT2D eigenvalue weighted by atomic mass is 16.7. The maximum atomic E-state index is 6.02. The molecule has 0 rings (SSSR count). The highest BCUT2D eigenvalue weighted by molar-refractivity contribution is 6.36. The molecule has 3 nitrogen and oxygen atoms in total. The molecule has 0 aliphatic rings. The Morgan fingerprint density at radius 2 is 0.459 bits per heavy atom. The van der Waals surface area contributed by atoms with Gasteiger partial charge >= 0.3 is 7.32 Å². The van der Waals surface area contributed by atoms with Crippen LogP contribution in [-0.2, 0) is 14.0 Å². The van der Waals surface area contributed by atoms with E-state index >= 15 is 0 Å². The normalized spacial score (nSPS) is 11.4. The molecule has 0 aromatic heterocycles. The maximum Gasteiger partial charge on any atom is 0.639 e. The highest BCUT2D eigenvalue weighted by Gasteiger charge is 2.20. The molecule has 37 heavy (non-hydrogen) atoms. The molecule has 0 bridgehead atoms. The molecule has 0 amide bonds. The van der Waals surface area contributed by atoms with E-state index in [9.17, 15) is 0 Å². The van der Waals surface area contributed by atoms with E-state index in [0.29, 0.717) is 0 Å². The van der Waals surface area contributed by atoms with E-state index in [-0.39, 0.29) is 0 Å². The number of hydrogen-bond acceptors (Lipinski definition) is 3. The van der Waals surface area contributed by atoms with E-state index in [1.54, 1.807) is 0 Å². The Hall–Kier alpha value is -0.0551. The minimum Gasteiger partial charge on any atom is -0.386 e. The summed E-state index contributed by atoms with van der Waals surface area (Å²) < 4.78 is 18.1. The van der Waals surface area contributed by atoms with Gasteiger partial charge in [-0.05, 0) is 19.3 Å². The Labute approximate surface area is 235 Å². The minimum absolute atomic E-state index is 0.461. The number of unbranched alkanes of at least 4 members (excludes halogenated alkanes) is 24. The third-order valence-corrected chi connectivity index (χ3v) is 7.51. The molecule has 0 aliphatic heterocycles. The predicted molar refractivity (Wildman–Crippen MR) is 165 cm³/mol. The average molecular weight is 525 g/mol. The summed E-state index contributed by atoms with van der Waals surface area (Å²) in [4.78, 5) is 0. The maximum absolute atomic E-state index is 6.02. The first-order chi connectivity index (χ1) is 18.3. The van der Waals surface area contributed by atoms with Gasteiger partial charge in [0.1, 0.15) is 0 Å². The quantitative estimate of drug-likeness (QED) is 0.0631. The van der Waals surface area contributed by atoms with Gasteiger partial charge in [-0.2, -0.15) is 0 Å². The number of rotatable bonds is 33. The second-order valence-electron chi connectivity index (χ2n) is 11.4. The molecule has 222 valence electrons. The molecule has 0 spiro atoms. The van der Waals surface area contributed by atoms with E-state index in [2.05, 4.69) is 20.8 Å². The first-order valence-electron chi connectivity index (χ1n) is 17.2. The fraction of sp³-hybridized carbons (Fsp3) is 1.00. The molecule has 0 aromatic carbocycles. The van der Waals surface area contributed by atoms with Crippen LogP contribution in [-0.4, -0.2) is 27.1 Å². The zero-order chi connectivity index (χ0) is 26.9. The Morgan fingerprint density at radius 1 is 0.270 bits per heavy atom. The fourth-order valence-electron chi connectivity index (χ4n) is 4.92. The van der Waals surface area contributed by atoms with Gasteiger partial charge in [-0.3, -0.25) is 0 Å². The lowest BCUT2D eigenvalue weighted by atomic mass is 10.1. The van der Waals surface area contributed by atoms with Crippen LogP contribution in [0.4, 0.5) is 0 Å². The van der Waals surface area contributed by atoms with Crippen molar-refractivity contribution >= 4 is 7.32 Å². The summed E-state index contributed by atoms with van der Waals surface area (Å²) in [6, 6.07) is 0. The zero-order valence-corrected chi connectivity index (χ0v) is 26.0. The molecular formula is C33H69BO3. The third-order valence-electron chi connectivity index (χ3n) is 7.51. The van der Waals surface area contributed by atoms with Crippen molar-refractivity contribution in [3.63, 3.8) is 0 Å². The van der Waals surface area contributed by atoms with Crippen LogP contribution in [0.1, 0.15) is 194 Å². The molecule has 0 fully saturated rings. The van der Waals surface area contributed by atoms with E-state index in [1.165, 1.54) is 154 Å². The van der Waals surface area contributed by atoms with Gasteiger partial charge in [0.2, 0.25) is 0 Å². The molecule has 4 heteroatoms. The second kappa shape index (κ2) is 34.0. The van der Waals surface area contributed by atoms with Crippen molar-refractivity contribution in [2.24, 2.45) is 0 Å². The minimum atomic E-state index is -0.461. The van der Waals surface area contributed by atoms with Crippen molar-refractivity contribution in [3.8, 4) is 0 Å².